The number of nitrogens with one attached hydrogen (secondary N) is 2. The third-order valence-corrected chi connectivity index (χ3v) is 3.22. The molecule has 9 heteroatoms. The number of aromatic nitrogens is 4. The molecule has 0 aromatic carbocycles. The lowest BCUT2D eigenvalue weighted by molar-refractivity contribution is -0.0299. The maximum Gasteiger partial charge on any atom is 0.327 e. The second kappa shape index (κ2) is 4.02. The van der Waals surface area contributed by atoms with Gasteiger partial charge in [-0.2, -0.15) is 0 Å². The maximum absolute atomic E-state index is 11.5. The molecule has 0 radical (unpaired) electrons. The summed E-state index contributed by atoms with van der Waals surface area (Å²) in [6.07, 6.45) is -2.42. The summed E-state index contributed by atoms with van der Waals surface area (Å²) in [5.41, 5.74) is -1.14. The second-order valence-corrected chi connectivity index (χ2v) is 4.47. The number of H-pyrrole nitrogens is 2. The average Bonchev–Trinajstić information content (AvgIpc) is 2.86. The van der Waals surface area contributed by atoms with Gasteiger partial charge < -0.3 is 14.9 Å². The van der Waals surface area contributed by atoms with E-state index in [0.29, 0.717) is 0 Å². The maximum atomic E-state index is 11.5. The van der Waals surface area contributed by atoms with E-state index in [4.69, 9.17) is 4.74 Å². The largest absolute Gasteiger partial charge is 0.388 e. The molecular formula is C10H12N4O5. The number of hydrogen-bond donors (Lipinski definition) is 4. The van der Waals surface area contributed by atoms with E-state index in [1.54, 1.807) is 6.92 Å². The van der Waals surface area contributed by atoms with E-state index in [-0.39, 0.29) is 11.2 Å². The van der Waals surface area contributed by atoms with Crippen LogP contribution in [0.3, 0.4) is 0 Å². The monoisotopic (exact) mass is 268 g/mol. The predicted molar refractivity (Wildman–Crippen MR) is 62.6 cm³/mol. The number of aliphatic hydroxyl groups excluding tert-OH is 2. The van der Waals surface area contributed by atoms with E-state index in [0.717, 1.165) is 0 Å². The number of ether oxygens (including phenoxy) is 1. The van der Waals surface area contributed by atoms with Crippen LogP contribution in [0.15, 0.2) is 15.9 Å². The topological polar surface area (TPSA) is 133 Å². The number of aliphatic hydroxyl groups is 2. The van der Waals surface area contributed by atoms with Gasteiger partial charge in [-0.1, -0.05) is 0 Å². The molecule has 2 aromatic heterocycles. The number of hydrogen-bond acceptors (Lipinski definition) is 6. The van der Waals surface area contributed by atoms with Crippen molar-refractivity contribution >= 4 is 11.2 Å². The van der Waals surface area contributed by atoms with Crippen LogP contribution >= 0.6 is 0 Å². The van der Waals surface area contributed by atoms with E-state index in [9.17, 15) is 19.8 Å². The lowest BCUT2D eigenvalue weighted by Crippen LogP contribution is -2.30. The van der Waals surface area contributed by atoms with Crippen LogP contribution in [0.4, 0.5) is 0 Å². The van der Waals surface area contributed by atoms with Crippen molar-refractivity contribution in [3.63, 3.8) is 0 Å². The van der Waals surface area contributed by atoms with Crippen molar-refractivity contribution in [2.24, 2.45) is 0 Å². The first-order valence-corrected chi connectivity index (χ1v) is 5.70. The molecule has 0 aliphatic carbocycles. The average molecular weight is 268 g/mol. The molecule has 102 valence electrons. The summed E-state index contributed by atoms with van der Waals surface area (Å²) in [6, 6.07) is 0. The quantitative estimate of drug-likeness (QED) is 0.475. The smallest absolute Gasteiger partial charge is 0.327 e. The molecule has 3 heterocycles. The minimum Gasteiger partial charge on any atom is -0.388 e. The Labute approximate surface area is 105 Å². The molecule has 0 unspecified atom stereocenters. The van der Waals surface area contributed by atoms with E-state index in [2.05, 4.69) is 15.0 Å². The Morgan fingerprint density at radius 2 is 2.05 bits per heavy atom. The Bertz CT molecular complexity index is 731. The Morgan fingerprint density at radius 3 is 2.68 bits per heavy atom. The highest BCUT2D eigenvalue weighted by Gasteiger charge is 2.41. The predicted octanol–water partition coefficient (Wildman–Crippen LogP) is -1.95. The Balaban J connectivity index is 2.17. The first-order valence-electron chi connectivity index (χ1n) is 5.70. The summed E-state index contributed by atoms with van der Waals surface area (Å²) >= 11 is 0. The SMILES string of the molecule is C[C@H]1O[C@@H](n2cnc3c(=O)[nH]c(=O)[nH]c32)[C@H](O)[C@@H]1O. The van der Waals surface area contributed by atoms with Gasteiger partial charge in [-0.25, -0.2) is 9.78 Å². The Morgan fingerprint density at radius 1 is 1.32 bits per heavy atom. The van der Waals surface area contributed by atoms with Gasteiger partial charge in [0.05, 0.1) is 12.4 Å². The summed E-state index contributed by atoms with van der Waals surface area (Å²) in [5.74, 6) is 0. The van der Waals surface area contributed by atoms with Crippen molar-refractivity contribution in [1.82, 2.24) is 19.5 Å². The van der Waals surface area contributed by atoms with Crippen LogP contribution < -0.4 is 11.2 Å². The van der Waals surface area contributed by atoms with Gasteiger partial charge in [0.15, 0.2) is 11.7 Å². The van der Waals surface area contributed by atoms with E-state index in [1.807, 2.05) is 0 Å². The molecule has 0 saturated carbocycles. The molecule has 1 aliphatic heterocycles. The summed E-state index contributed by atoms with van der Waals surface area (Å²) in [6.45, 7) is 1.61. The fourth-order valence-corrected chi connectivity index (χ4v) is 2.20. The molecule has 19 heavy (non-hydrogen) atoms. The van der Waals surface area contributed by atoms with Crippen LogP contribution in [0.5, 0.6) is 0 Å². The van der Waals surface area contributed by atoms with E-state index < -0.39 is 35.8 Å². The summed E-state index contributed by atoms with van der Waals surface area (Å²) < 4.78 is 6.73. The zero-order valence-electron chi connectivity index (χ0n) is 9.90. The zero-order valence-corrected chi connectivity index (χ0v) is 9.90. The summed E-state index contributed by atoms with van der Waals surface area (Å²) in [4.78, 5) is 31.1. The molecule has 1 aliphatic rings. The van der Waals surface area contributed by atoms with E-state index >= 15 is 0 Å². The standard InChI is InChI=1S/C10H12N4O5/c1-3-5(15)6(16)9(19-3)14-2-11-4-7(14)12-10(18)13-8(4)17/h2-3,5-6,9,15-16H,1H3,(H2,12,13,17,18)/t3-,5-,6-,9-/m1/s1. The molecule has 0 amide bonds. The normalized spacial score (nSPS) is 31.1. The van der Waals surface area contributed by atoms with Crippen LogP contribution in [0, 0.1) is 0 Å². The molecule has 9 nitrogen and oxygen atoms in total. The number of fused-ring (bicyclic) bond motifs is 1. The van der Waals surface area contributed by atoms with Crippen molar-refractivity contribution in [1.29, 1.82) is 0 Å². The van der Waals surface area contributed by atoms with E-state index in [1.165, 1.54) is 10.9 Å². The lowest BCUT2D eigenvalue weighted by atomic mass is 10.1. The fraction of sp³-hybridized carbons (Fsp3) is 0.500. The molecule has 0 spiro atoms. The molecule has 1 fully saturated rings. The first kappa shape index (κ1) is 12.1. The lowest BCUT2D eigenvalue weighted by Gasteiger charge is -2.16. The van der Waals surface area contributed by atoms with Crippen LogP contribution in [0.25, 0.3) is 11.2 Å². The molecule has 0 bridgehead atoms. The number of imidazole rings is 1. The molecule has 4 N–H and O–H groups in total. The highest BCUT2D eigenvalue weighted by molar-refractivity contribution is 5.68. The molecule has 3 rings (SSSR count). The molecule has 4 atom stereocenters. The van der Waals surface area contributed by atoms with Crippen LogP contribution in [-0.2, 0) is 4.74 Å². The van der Waals surface area contributed by atoms with Gasteiger partial charge in [0.25, 0.3) is 5.56 Å². The molecule has 1 saturated heterocycles. The molecule has 2 aromatic rings. The van der Waals surface area contributed by atoms with Gasteiger partial charge >= 0.3 is 5.69 Å². The van der Waals surface area contributed by atoms with Gasteiger partial charge in [0.1, 0.15) is 17.9 Å². The van der Waals surface area contributed by atoms with Gasteiger partial charge in [-0.05, 0) is 6.92 Å². The number of rotatable bonds is 1. The Kier molecular flexibility index (Phi) is 2.55. The van der Waals surface area contributed by atoms with Crippen molar-refractivity contribution in [2.75, 3.05) is 0 Å². The minimum absolute atomic E-state index is 0.0319. The second-order valence-electron chi connectivity index (χ2n) is 4.47. The highest BCUT2D eigenvalue weighted by atomic mass is 16.6. The third-order valence-electron chi connectivity index (χ3n) is 3.22. The van der Waals surface area contributed by atoms with Crippen molar-refractivity contribution in [3.8, 4) is 0 Å². The van der Waals surface area contributed by atoms with Crippen molar-refractivity contribution < 1.29 is 14.9 Å². The fourth-order valence-electron chi connectivity index (χ4n) is 2.20. The van der Waals surface area contributed by atoms with Gasteiger partial charge in [0, 0.05) is 0 Å². The third kappa shape index (κ3) is 1.70. The summed E-state index contributed by atoms with van der Waals surface area (Å²) in [7, 11) is 0. The van der Waals surface area contributed by atoms with Gasteiger partial charge in [-0.3, -0.25) is 19.3 Å². The summed E-state index contributed by atoms with van der Waals surface area (Å²) in [5, 5.41) is 19.6. The Hall–Kier alpha value is -1.97. The van der Waals surface area contributed by atoms with Gasteiger partial charge in [0.2, 0.25) is 0 Å². The highest BCUT2D eigenvalue weighted by Crippen LogP contribution is 2.30. The van der Waals surface area contributed by atoms with Crippen LogP contribution in [0.1, 0.15) is 13.2 Å². The minimum atomic E-state index is -1.17. The number of nitrogens with zero attached hydrogens (tertiary/aromatic N) is 2. The zero-order chi connectivity index (χ0) is 13.7. The van der Waals surface area contributed by atoms with Crippen LogP contribution in [-0.4, -0.2) is 48.0 Å². The van der Waals surface area contributed by atoms with Crippen molar-refractivity contribution in [2.45, 2.75) is 31.5 Å². The van der Waals surface area contributed by atoms with Gasteiger partial charge in [-0.15, -0.1) is 0 Å². The van der Waals surface area contributed by atoms with Crippen molar-refractivity contribution in [3.05, 3.63) is 27.2 Å². The number of aromatic amines is 2. The first-order chi connectivity index (χ1) is 8.99. The molecular weight excluding hydrogens is 256 g/mol. The van der Waals surface area contributed by atoms with Crippen LogP contribution in [0.2, 0.25) is 0 Å².